The number of carbonyl (C=O) groups is 2. The molecule has 0 aliphatic carbocycles. The number of rotatable bonds is 3. The van der Waals surface area contributed by atoms with Gasteiger partial charge in [0.25, 0.3) is 11.5 Å². The maximum Gasteiger partial charge on any atom is 0.261 e. The molecule has 7 heteroatoms. The first-order valence-electron chi connectivity index (χ1n) is 8.06. The standard InChI is InChI=1S/C18H17N3O4/c1-25-12-4-2-10(3-5-12)14-7-6-13(16(22)20-14)18(24)21-9-11-8-15(21)17(23)19-11/h2-7,11,15H,8-9H2,1H3,(H,19,23)(H,20,22)/t11-,15-/m0/s1. The fourth-order valence-electron chi connectivity index (χ4n) is 3.45. The number of carbonyl (C=O) groups excluding carboxylic acids is 2. The van der Waals surface area contributed by atoms with Crippen molar-refractivity contribution in [2.24, 2.45) is 0 Å². The van der Waals surface area contributed by atoms with Crippen LogP contribution in [0.1, 0.15) is 16.8 Å². The summed E-state index contributed by atoms with van der Waals surface area (Å²) in [5.74, 6) is 0.182. The zero-order valence-electron chi connectivity index (χ0n) is 13.6. The van der Waals surface area contributed by atoms with E-state index in [1.807, 2.05) is 12.1 Å². The minimum atomic E-state index is -0.460. The molecule has 0 saturated carbocycles. The Morgan fingerprint density at radius 2 is 1.92 bits per heavy atom. The van der Waals surface area contributed by atoms with Crippen LogP contribution in [0.4, 0.5) is 0 Å². The number of fused-ring (bicyclic) bond motifs is 2. The Morgan fingerprint density at radius 1 is 1.16 bits per heavy atom. The lowest BCUT2D eigenvalue weighted by molar-refractivity contribution is -0.124. The SMILES string of the molecule is COc1ccc(-c2ccc(C(=O)N3C[C@@H]4C[C@H]3C(=O)N4)c(=O)[nH]2)cc1. The minimum absolute atomic E-state index is 0.000830. The summed E-state index contributed by atoms with van der Waals surface area (Å²) in [5, 5.41) is 2.82. The highest BCUT2D eigenvalue weighted by Crippen LogP contribution is 2.26. The number of hydrogen-bond donors (Lipinski definition) is 2. The molecule has 2 saturated heterocycles. The van der Waals surface area contributed by atoms with Gasteiger partial charge in [-0.2, -0.15) is 0 Å². The van der Waals surface area contributed by atoms with E-state index in [2.05, 4.69) is 10.3 Å². The average molecular weight is 339 g/mol. The predicted molar refractivity (Wildman–Crippen MR) is 90.4 cm³/mol. The van der Waals surface area contributed by atoms with Crippen molar-refractivity contribution in [1.29, 1.82) is 0 Å². The van der Waals surface area contributed by atoms with Gasteiger partial charge in [-0.05, 0) is 48.4 Å². The summed E-state index contributed by atoms with van der Waals surface area (Å²) in [6.07, 6.45) is 0.617. The molecular formula is C18H17N3O4. The molecule has 2 amide bonds. The van der Waals surface area contributed by atoms with Gasteiger partial charge in [-0.25, -0.2) is 0 Å². The summed E-state index contributed by atoms with van der Waals surface area (Å²) < 4.78 is 5.11. The van der Waals surface area contributed by atoms with E-state index in [0.717, 1.165) is 11.3 Å². The topological polar surface area (TPSA) is 91.5 Å². The van der Waals surface area contributed by atoms with Crippen LogP contribution in [0, 0.1) is 0 Å². The summed E-state index contributed by atoms with van der Waals surface area (Å²) in [5.41, 5.74) is 1.03. The van der Waals surface area contributed by atoms with Gasteiger partial charge >= 0.3 is 0 Å². The third-order valence-electron chi connectivity index (χ3n) is 4.75. The van der Waals surface area contributed by atoms with Gasteiger partial charge in [-0.15, -0.1) is 0 Å². The van der Waals surface area contributed by atoms with Crippen LogP contribution in [0.2, 0.25) is 0 Å². The van der Waals surface area contributed by atoms with Crippen LogP contribution in [0.15, 0.2) is 41.2 Å². The zero-order chi connectivity index (χ0) is 17.6. The van der Waals surface area contributed by atoms with E-state index in [0.29, 0.717) is 18.7 Å². The van der Waals surface area contributed by atoms with Gasteiger partial charge in [0.1, 0.15) is 17.4 Å². The van der Waals surface area contributed by atoms with Crippen LogP contribution in [0.25, 0.3) is 11.3 Å². The Kier molecular flexibility index (Phi) is 3.56. The smallest absolute Gasteiger partial charge is 0.261 e. The molecule has 2 atom stereocenters. The molecule has 128 valence electrons. The van der Waals surface area contributed by atoms with E-state index in [9.17, 15) is 14.4 Å². The first-order valence-corrected chi connectivity index (χ1v) is 8.06. The average Bonchev–Trinajstić information content (AvgIpc) is 3.20. The van der Waals surface area contributed by atoms with E-state index in [1.165, 1.54) is 11.0 Å². The fourth-order valence-corrected chi connectivity index (χ4v) is 3.45. The lowest BCUT2D eigenvalue weighted by atomic mass is 10.1. The van der Waals surface area contributed by atoms with Crippen molar-refractivity contribution in [2.45, 2.75) is 18.5 Å². The second-order valence-corrected chi connectivity index (χ2v) is 6.26. The summed E-state index contributed by atoms with van der Waals surface area (Å²) in [6.45, 7) is 0.453. The Labute approximate surface area is 143 Å². The number of pyridine rings is 1. The molecule has 7 nitrogen and oxygen atoms in total. The molecule has 2 aliphatic heterocycles. The number of benzene rings is 1. The van der Waals surface area contributed by atoms with E-state index < -0.39 is 17.5 Å². The van der Waals surface area contributed by atoms with Crippen LogP contribution >= 0.6 is 0 Å². The van der Waals surface area contributed by atoms with E-state index >= 15 is 0 Å². The van der Waals surface area contributed by atoms with E-state index in [-0.39, 0.29) is 17.5 Å². The molecule has 2 fully saturated rings. The number of aromatic amines is 1. The number of nitrogens with zero attached hydrogens (tertiary/aromatic N) is 1. The maximum atomic E-state index is 12.6. The number of H-pyrrole nitrogens is 1. The molecule has 4 rings (SSSR count). The number of piperazine rings is 1. The highest BCUT2D eigenvalue weighted by Gasteiger charge is 2.46. The number of aromatic nitrogens is 1. The van der Waals surface area contributed by atoms with Crippen LogP contribution in [0.3, 0.4) is 0 Å². The van der Waals surface area contributed by atoms with Gasteiger partial charge in [-0.3, -0.25) is 14.4 Å². The Bertz CT molecular complexity index is 903. The molecular weight excluding hydrogens is 322 g/mol. The first-order chi connectivity index (χ1) is 12.1. The molecule has 0 radical (unpaired) electrons. The van der Waals surface area contributed by atoms with Gasteiger partial charge in [-0.1, -0.05) is 0 Å². The molecule has 2 aliphatic rings. The van der Waals surface area contributed by atoms with Crippen molar-refractivity contribution < 1.29 is 14.3 Å². The number of hydrogen-bond acceptors (Lipinski definition) is 4. The lowest BCUT2D eigenvalue weighted by Gasteiger charge is -2.26. The maximum absolute atomic E-state index is 12.6. The molecule has 0 unspecified atom stereocenters. The molecule has 3 heterocycles. The number of ether oxygens (including phenoxy) is 1. The first kappa shape index (κ1) is 15.4. The van der Waals surface area contributed by atoms with Crippen molar-refractivity contribution in [3.8, 4) is 17.0 Å². The molecule has 1 aromatic heterocycles. The summed E-state index contributed by atoms with van der Waals surface area (Å²) in [6, 6.07) is 10.0. The van der Waals surface area contributed by atoms with E-state index in [4.69, 9.17) is 4.74 Å². The predicted octanol–water partition coefficient (Wildman–Crippen LogP) is 0.763. The van der Waals surface area contributed by atoms with Crippen molar-refractivity contribution in [1.82, 2.24) is 15.2 Å². The normalized spacial score (nSPS) is 21.3. The third-order valence-corrected chi connectivity index (χ3v) is 4.75. The van der Waals surface area contributed by atoms with E-state index in [1.54, 1.807) is 25.3 Å². The van der Waals surface area contributed by atoms with Crippen LogP contribution in [-0.2, 0) is 4.79 Å². The van der Waals surface area contributed by atoms with Crippen molar-refractivity contribution >= 4 is 11.8 Å². The zero-order valence-corrected chi connectivity index (χ0v) is 13.6. The molecule has 25 heavy (non-hydrogen) atoms. The second kappa shape index (κ2) is 5.77. The summed E-state index contributed by atoms with van der Waals surface area (Å²) in [7, 11) is 1.59. The molecule has 2 aromatic rings. The Morgan fingerprint density at radius 3 is 2.52 bits per heavy atom. The minimum Gasteiger partial charge on any atom is -0.497 e. The van der Waals surface area contributed by atoms with Crippen molar-refractivity contribution in [3.63, 3.8) is 0 Å². The summed E-state index contributed by atoms with van der Waals surface area (Å²) >= 11 is 0. The molecule has 2 N–H and O–H groups in total. The largest absolute Gasteiger partial charge is 0.497 e. The fraction of sp³-hybridized carbons (Fsp3) is 0.278. The number of nitrogens with one attached hydrogen (secondary N) is 2. The van der Waals surface area contributed by atoms with Crippen LogP contribution in [-0.4, -0.2) is 47.4 Å². The number of likely N-dealkylation sites (tertiary alicyclic amines) is 1. The lowest BCUT2D eigenvalue weighted by Crippen LogP contribution is -2.51. The number of methoxy groups -OCH3 is 1. The highest BCUT2D eigenvalue weighted by atomic mass is 16.5. The Balaban J connectivity index is 1.60. The monoisotopic (exact) mass is 339 g/mol. The summed E-state index contributed by atoms with van der Waals surface area (Å²) in [4.78, 5) is 41.0. The van der Waals surface area contributed by atoms with Gasteiger partial charge < -0.3 is 19.9 Å². The third kappa shape index (κ3) is 2.57. The molecule has 0 spiro atoms. The van der Waals surface area contributed by atoms with Gasteiger partial charge in [0, 0.05) is 18.3 Å². The van der Waals surface area contributed by atoms with Gasteiger partial charge in [0.05, 0.1) is 7.11 Å². The highest BCUT2D eigenvalue weighted by molar-refractivity contribution is 5.99. The van der Waals surface area contributed by atoms with Gasteiger partial charge in [0.2, 0.25) is 5.91 Å². The van der Waals surface area contributed by atoms with Crippen LogP contribution < -0.4 is 15.6 Å². The second-order valence-electron chi connectivity index (χ2n) is 6.26. The quantitative estimate of drug-likeness (QED) is 0.864. The van der Waals surface area contributed by atoms with Gasteiger partial charge in [0.15, 0.2) is 0 Å². The van der Waals surface area contributed by atoms with Crippen molar-refractivity contribution in [3.05, 3.63) is 52.3 Å². The Hall–Kier alpha value is -3.09. The van der Waals surface area contributed by atoms with Crippen LogP contribution in [0.5, 0.6) is 5.75 Å². The number of amides is 2. The van der Waals surface area contributed by atoms with Crippen molar-refractivity contribution in [2.75, 3.05) is 13.7 Å². The molecule has 1 aromatic carbocycles. The molecule has 2 bridgehead atoms.